The Labute approximate surface area is 127 Å². The lowest BCUT2D eigenvalue weighted by Gasteiger charge is -2.11. The third-order valence-electron chi connectivity index (χ3n) is 2.82. The van der Waals surface area contributed by atoms with Gasteiger partial charge in [-0.15, -0.1) is 0 Å². The van der Waals surface area contributed by atoms with E-state index in [-0.39, 0.29) is 0 Å². The molecule has 0 aliphatic carbocycles. The molecule has 3 nitrogen and oxygen atoms in total. The van der Waals surface area contributed by atoms with E-state index in [1.165, 1.54) is 0 Å². The molecular formula is C14H17BrClN3. The van der Waals surface area contributed by atoms with Crippen LogP contribution in [0.25, 0.3) is 0 Å². The molecule has 0 radical (unpaired) electrons. The minimum absolute atomic E-state index is 0.703. The van der Waals surface area contributed by atoms with Crippen LogP contribution in [0.5, 0.6) is 0 Å². The molecule has 0 spiro atoms. The first-order chi connectivity index (χ1) is 9.10. The van der Waals surface area contributed by atoms with Crippen molar-refractivity contribution in [3.8, 4) is 0 Å². The van der Waals surface area contributed by atoms with Gasteiger partial charge in [-0.1, -0.05) is 24.9 Å². The number of benzene rings is 1. The lowest BCUT2D eigenvalue weighted by atomic mass is 10.3. The van der Waals surface area contributed by atoms with Crippen LogP contribution in [0.4, 0.5) is 11.6 Å². The van der Waals surface area contributed by atoms with Crippen LogP contribution in [0.2, 0.25) is 5.02 Å². The van der Waals surface area contributed by atoms with E-state index >= 15 is 0 Å². The van der Waals surface area contributed by atoms with Gasteiger partial charge >= 0.3 is 0 Å². The van der Waals surface area contributed by atoms with E-state index in [0.717, 1.165) is 41.2 Å². The molecule has 0 unspecified atom stereocenters. The van der Waals surface area contributed by atoms with E-state index in [4.69, 9.17) is 11.6 Å². The second kappa shape index (κ2) is 6.44. The largest absolute Gasteiger partial charge is 0.325 e. The minimum Gasteiger partial charge on any atom is -0.325 e. The molecule has 1 aromatic carbocycles. The Morgan fingerprint density at radius 2 is 2.21 bits per heavy atom. The van der Waals surface area contributed by atoms with E-state index in [9.17, 15) is 0 Å². The van der Waals surface area contributed by atoms with Crippen LogP contribution >= 0.6 is 27.5 Å². The van der Waals surface area contributed by atoms with Gasteiger partial charge < -0.3 is 9.88 Å². The molecule has 0 saturated carbocycles. The zero-order valence-corrected chi connectivity index (χ0v) is 13.4. The number of hydrogen-bond acceptors (Lipinski definition) is 2. The Kier molecular flexibility index (Phi) is 4.88. The summed E-state index contributed by atoms with van der Waals surface area (Å²) >= 11 is 9.54. The second-order valence-electron chi connectivity index (χ2n) is 4.50. The van der Waals surface area contributed by atoms with Crippen LogP contribution < -0.4 is 5.32 Å². The zero-order chi connectivity index (χ0) is 13.8. The number of hydrogen-bond donors (Lipinski definition) is 1. The molecule has 2 rings (SSSR count). The Hall–Kier alpha value is -1.000. The maximum Gasteiger partial charge on any atom is 0.207 e. The van der Waals surface area contributed by atoms with Gasteiger partial charge in [-0.2, -0.15) is 0 Å². The number of halogens is 2. The average molecular weight is 343 g/mol. The van der Waals surface area contributed by atoms with E-state index < -0.39 is 0 Å². The van der Waals surface area contributed by atoms with Crippen molar-refractivity contribution in [2.24, 2.45) is 0 Å². The van der Waals surface area contributed by atoms with Gasteiger partial charge in [0.2, 0.25) is 5.95 Å². The molecule has 0 aliphatic heterocycles. The predicted octanol–water partition coefficient (Wildman–Crippen LogP) is 5.15. The van der Waals surface area contributed by atoms with Crippen LogP contribution in [-0.4, -0.2) is 9.55 Å². The molecule has 0 atom stereocenters. The van der Waals surface area contributed by atoms with Crippen molar-refractivity contribution >= 4 is 39.2 Å². The van der Waals surface area contributed by atoms with E-state index in [0.29, 0.717) is 5.02 Å². The molecule has 0 amide bonds. The average Bonchev–Trinajstić information content (AvgIpc) is 2.71. The summed E-state index contributed by atoms with van der Waals surface area (Å²) in [5.74, 6) is 0.855. The third kappa shape index (κ3) is 3.74. The monoisotopic (exact) mass is 341 g/mol. The van der Waals surface area contributed by atoms with Gasteiger partial charge in [-0.25, -0.2) is 4.98 Å². The van der Waals surface area contributed by atoms with Crippen molar-refractivity contribution in [3.63, 3.8) is 0 Å². The Morgan fingerprint density at radius 3 is 2.95 bits per heavy atom. The lowest BCUT2D eigenvalue weighted by molar-refractivity contribution is 0.637. The molecule has 1 heterocycles. The van der Waals surface area contributed by atoms with Gasteiger partial charge in [0.15, 0.2) is 0 Å². The molecule has 0 aliphatic rings. The maximum atomic E-state index is 6.02. The van der Waals surface area contributed by atoms with Crippen molar-refractivity contribution < 1.29 is 0 Å². The molecule has 0 bridgehead atoms. The summed E-state index contributed by atoms with van der Waals surface area (Å²) in [5.41, 5.74) is 1.94. The molecule has 1 N–H and O–H groups in total. The summed E-state index contributed by atoms with van der Waals surface area (Å²) in [7, 11) is 0. The van der Waals surface area contributed by atoms with Gasteiger partial charge in [0, 0.05) is 22.2 Å². The third-order valence-corrected chi connectivity index (χ3v) is 3.75. The summed E-state index contributed by atoms with van der Waals surface area (Å²) in [6.07, 6.45) is 4.37. The number of aromatic nitrogens is 2. The molecule has 1 aromatic heterocycles. The fourth-order valence-corrected chi connectivity index (χ4v) is 2.38. The highest BCUT2D eigenvalue weighted by Crippen LogP contribution is 2.28. The van der Waals surface area contributed by atoms with Gasteiger partial charge in [0.1, 0.15) is 0 Å². The van der Waals surface area contributed by atoms with Crippen molar-refractivity contribution in [2.45, 2.75) is 33.2 Å². The fourth-order valence-electron chi connectivity index (χ4n) is 1.86. The van der Waals surface area contributed by atoms with Crippen molar-refractivity contribution in [1.29, 1.82) is 0 Å². The molecule has 2 aromatic rings. The van der Waals surface area contributed by atoms with Crippen LogP contribution in [0, 0.1) is 6.92 Å². The van der Waals surface area contributed by atoms with Crippen LogP contribution in [-0.2, 0) is 6.54 Å². The lowest BCUT2D eigenvalue weighted by Crippen LogP contribution is -2.03. The molecular weight excluding hydrogens is 326 g/mol. The quantitative estimate of drug-likeness (QED) is 0.814. The normalized spacial score (nSPS) is 10.7. The number of anilines is 2. The van der Waals surface area contributed by atoms with Crippen molar-refractivity contribution in [1.82, 2.24) is 9.55 Å². The molecule has 5 heteroatoms. The van der Waals surface area contributed by atoms with Gasteiger partial charge in [-0.3, -0.25) is 0 Å². The highest BCUT2D eigenvalue weighted by molar-refractivity contribution is 9.10. The zero-order valence-electron chi connectivity index (χ0n) is 11.1. The molecule has 102 valence electrons. The number of rotatable bonds is 5. The number of unbranched alkanes of at least 4 members (excludes halogenated alkanes) is 1. The van der Waals surface area contributed by atoms with Gasteiger partial charge in [0.25, 0.3) is 0 Å². The summed E-state index contributed by atoms with van der Waals surface area (Å²) in [5, 5.41) is 4.03. The van der Waals surface area contributed by atoms with Crippen LogP contribution in [0.15, 0.2) is 28.9 Å². The van der Waals surface area contributed by atoms with Crippen molar-refractivity contribution in [2.75, 3.05) is 5.32 Å². The summed E-state index contributed by atoms with van der Waals surface area (Å²) < 4.78 is 3.12. The van der Waals surface area contributed by atoms with E-state index in [1.807, 2.05) is 25.1 Å². The first-order valence-electron chi connectivity index (χ1n) is 6.36. The second-order valence-corrected chi connectivity index (χ2v) is 5.79. The topological polar surface area (TPSA) is 29.9 Å². The molecule has 0 fully saturated rings. The van der Waals surface area contributed by atoms with Gasteiger partial charge in [-0.05, 0) is 47.5 Å². The highest BCUT2D eigenvalue weighted by atomic mass is 79.9. The predicted molar refractivity (Wildman–Crippen MR) is 84.3 cm³/mol. The Morgan fingerprint density at radius 1 is 1.42 bits per heavy atom. The standard InChI is InChI=1S/C14H17BrClN3/c1-3-4-7-19-9-10(2)17-14(19)18-13-8-11(16)5-6-12(13)15/h5-6,8-9H,3-4,7H2,1-2H3,(H,17,18). The smallest absolute Gasteiger partial charge is 0.207 e. The summed E-state index contributed by atoms with van der Waals surface area (Å²) in [6, 6.07) is 5.67. The minimum atomic E-state index is 0.703. The van der Waals surface area contributed by atoms with Crippen LogP contribution in [0.3, 0.4) is 0 Å². The molecule has 19 heavy (non-hydrogen) atoms. The highest BCUT2D eigenvalue weighted by Gasteiger charge is 2.08. The van der Waals surface area contributed by atoms with Gasteiger partial charge in [0.05, 0.1) is 11.4 Å². The Balaban J connectivity index is 2.24. The summed E-state index contributed by atoms with van der Waals surface area (Å²) in [6.45, 7) is 5.16. The number of imidazole rings is 1. The number of nitrogens with zero attached hydrogens (tertiary/aromatic N) is 2. The van der Waals surface area contributed by atoms with E-state index in [2.05, 4.69) is 43.9 Å². The summed E-state index contributed by atoms with van der Waals surface area (Å²) in [4.78, 5) is 4.52. The van der Waals surface area contributed by atoms with Crippen LogP contribution in [0.1, 0.15) is 25.5 Å². The number of nitrogens with one attached hydrogen (secondary N) is 1. The number of aryl methyl sites for hydroxylation is 2. The maximum absolute atomic E-state index is 6.02. The first-order valence-corrected chi connectivity index (χ1v) is 7.53. The van der Waals surface area contributed by atoms with E-state index in [1.54, 1.807) is 0 Å². The first kappa shape index (κ1) is 14.4. The molecule has 0 saturated heterocycles. The Bertz CT molecular complexity index is 566. The fraction of sp³-hybridized carbons (Fsp3) is 0.357. The van der Waals surface area contributed by atoms with Crippen molar-refractivity contribution in [3.05, 3.63) is 39.6 Å². The SMILES string of the molecule is CCCCn1cc(C)nc1Nc1cc(Cl)ccc1Br.